The predicted molar refractivity (Wildman–Crippen MR) is 74.6 cm³/mol. The molecule has 0 aromatic heterocycles. The molecule has 3 nitrogen and oxygen atoms in total. The smallest absolute Gasteiger partial charge is 0.212 e. The minimum Gasteiger partial charge on any atom is -0.212 e. The number of hydrogen-bond donors (Lipinski definition) is 0. The Morgan fingerprint density at radius 2 is 1.35 bits per heavy atom. The van der Waals surface area contributed by atoms with E-state index in [1.54, 1.807) is 4.31 Å². The van der Waals surface area contributed by atoms with E-state index in [0.29, 0.717) is 13.1 Å². The molecule has 0 aliphatic carbocycles. The van der Waals surface area contributed by atoms with Gasteiger partial charge in [-0.2, -0.15) is 0 Å². The number of unbranched alkanes of at least 4 members (excludes halogenated alkanes) is 2. The maximum absolute atomic E-state index is 12.3. The van der Waals surface area contributed by atoms with Gasteiger partial charge in [-0.15, -0.1) is 0 Å². The highest BCUT2D eigenvalue weighted by Gasteiger charge is 2.27. The van der Waals surface area contributed by atoms with Gasteiger partial charge in [0.15, 0.2) is 0 Å². The molecule has 17 heavy (non-hydrogen) atoms. The number of rotatable bonds is 8. The third-order valence-electron chi connectivity index (χ3n) is 2.53. The summed E-state index contributed by atoms with van der Waals surface area (Å²) in [4.78, 5) is 0. The lowest BCUT2D eigenvalue weighted by atomic mass is 10.0. The Bertz CT molecular complexity index is 283. The Hall–Kier alpha value is -0.0900. The fourth-order valence-electron chi connectivity index (χ4n) is 1.70. The molecule has 0 spiro atoms. The average Bonchev–Trinajstić information content (AvgIpc) is 2.13. The number of sulfonamides is 1. The van der Waals surface area contributed by atoms with Gasteiger partial charge >= 0.3 is 0 Å². The second-order valence-electron chi connectivity index (χ2n) is 5.92. The Labute approximate surface area is 108 Å². The first-order valence-corrected chi connectivity index (χ1v) is 8.31. The summed E-state index contributed by atoms with van der Waals surface area (Å²) in [5.41, 5.74) is -0.171. The van der Waals surface area contributed by atoms with Gasteiger partial charge in [-0.3, -0.25) is 0 Å². The van der Waals surface area contributed by atoms with Crippen LogP contribution in [0.1, 0.15) is 60.3 Å². The molecule has 0 heterocycles. The van der Waals surface area contributed by atoms with Crippen LogP contribution in [-0.2, 0) is 10.0 Å². The van der Waals surface area contributed by atoms with E-state index in [0.717, 1.165) is 25.7 Å². The minimum atomic E-state index is -3.09. The van der Waals surface area contributed by atoms with Gasteiger partial charge in [-0.25, -0.2) is 12.7 Å². The molecule has 0 aromatic carbocycles. The molecular formula is C13H29NO2S. The third kappa shape index (κ3) is 7.77. The number of hydrogen-bond acceptors (Lipinski definition) is 2. The molecule has 0 aromatic rings. The second kappa shape index (κ2) is 7.37. The first-order valence-electron chi connectivity index (χ1n) is 6.70. The first-order chi connectivity index (χ1) is 7.73. The van der Waals surface area contributed by atoms with E-state index in [-0.39, 0.29) is 11.2 Å². The average molecular weight is 263 g/mol. The molecule has 0 saturated carbocycles. The van der Waals surface area contributed by atoms with Crippen LogP contribution in [0.4, 0.5) is 0 Å². The summed E-state index contributed by atoms with van der Waals surface area (Å²) >= 11 is 0. The Kier molecular flexibility index (Phi) is 7.33. The molecule has 0 amide bonds. The summed E-state index contributed by atoms with van der Waals surface area (Å²) in [5.74, 6) is 0.243. The van der Waals surface area contributed by atoms with E-state index in [1.807, 2.05) is 20.8 Å². The highest BCUT2D eigenvalue weighted by atomic mass is 32.2. The molecule has 0 atom stereocenters. The van der Waals surface area contributed by atoms with Crippen LogP contribution in [0.5, 0.6) is 0 Å². The van der Waals surface area contributed by atoms with Crippen molar-refractivity contribution in [1.29, 1.82) is 0 Å². The maximum atomic E-state index is 12.3. The van der Waals surface area contributed by atoms with Gasteiger partial charge in [0, 0.05) is 13.1 Å². The van der Waals surface area contributed by atoms with Gasteiger partial charge in [0.1, 0.15) is 0 Å². The second-order valence-corrected chi connectivity index (χ2v) is 7.89. The van der Waals surface area contributed by atoms with E-state index in [2.05, 4.69) is 13.8 Å². The zero-order valence-electron chi connectivity index (χ0n) is 12.1. The molecule has 104 valence electrons. The molecule has 0 bridgehead atoms. The summed E-state index contributed by atoms with van der Waals surface area (Å²) in [6.07, 6.45) is 3.97. The van der Waals surface area contributed by atoms with E-state index < -0.39 is 10.0 Å². The SMILES string of the molecule is CCCCN(CCCC)S(=O)(=O)CC(C)(C)C. The van der Waals surface area contributed by atoms with Crippen molar-refractivity contribution in [3.8, 4) is 0 Å². The van der Waals surface area contributed by atoms with Crippen LogP contribution in [0.2, 0.25) is 0 Å². The van der Waals surface area contributed by atoms with Crippen molar-refractivity contribution in [3.63, 3.8) is 0 Å². The Morgan fingerprint density at radius 3 is 1.65 bits per heavy atom. The highest BCUT2D eigenvalue weighted by molar-refractivity contribution is 7.89. The van der Waals surface area contributed by atoms with Crippen LogP contribution in [0.3, 0.4) is 0 Å². The van der Waals surface area contributed by atoms with Crippen LogP contribution in [0.25, 0.3) is 0 Å². The minimum absolute atomic E-state index is 0.171. The summed E-state index contributed by atoms with van der Waals surface area (Å²) in [7, 11) is -3.09. The molecule has 0 N–H and O–H groups in total. The topological polar surface area (TPSA) is 37.4 Å². The lowest BCUT2D eigenvalue weighted by Gasteiger charge is -2.26. The molecule has 0 aliphatic heterocycles. The fourth-order valence-corrected chi connectivity index (χ4v) is 3.79. The zero-order valence-corrected chi connectivity index (χ0v) is 12.9. The standard InChI is InChI=1S/C13H29NO2S/c1-6-8-10-14(11-9-7-2)17(15,16)12-13(3,4)5/h6-12H2,1-5H3. The largest absolute Gasteiger partial charge is 0.214 e. The maximum Gasteiger partial charge on any atom is 0.214 e. The van der Waals surface area contributed by atoms with Gasteiger partial charge in [0.2, 0.25) is 10.0 Å². The molecule has 0 rings (SSSR count). The summed E-state index contributed by atoms with van der Waals surface area (Å²) in [5, 5.41) is 0. The molecule has 0 aliphatic rings. The summed E-state index contributed by atoms with van der Waals surface area (Å²) < 4.78 is 26.3. The molecule has 0 unspecified atom stereocenters. The van der Waals surface area contributed by atoms with E-state index in [1.165, 1.54) is 0 Å². The molecule has 0 radical (unpaired) electrons. The van der Waals surface area contributed by atoms with Crippen molar-refractivity contribution < 1.29 is 8.42 Å². The van der Waals surface area contributed by atoms with Crippen LogP contribution < -0.4 is 0 Å². The van der Waals surface area contributed by atoms with E-state index in [9.17, 15) is 8.42 Å². The quantitative estimate of drug-likeness (QED) is 0.674. The summed E-state index contributed by atoms with van der Waals surface area (Å²) in [6.45, 7) is 11.5. The predicted octanol–water partition coefficient (Wildman–Crippen LogP) is 3.26. The Morgan fingerprint density at radius 1 is 0.941 bits per heavy atom. The zero-order chi connectivity index (χ0) is 13.5. The van der Waals surface area contributed by atoms with Gasteiger partial charge < -0.3 is 0 Å². The van der Waals surface area contributed by atoms with Gasteiger partial charge in [0.05, 0.1) is 5.75 Å². The van der Waals surface area contributed by atoms with Crippen LogP contribution in [0.15, 0.2) is 0 Å². The van der Waals surface area contributed by atoms with Crippen LogP contribution in [-0.4, -0.2) is 31.6 Å². The van der Waals surface area contributed by atoms with Crippen molar-refractivity contribution in [1.82, 2.24) is 4.31 Å². The first kappa shape index (κ1) is 16.9. The van der Waals surface area contributed by atoms with Gasteiger partial charge in [0.25, 0.3) is 0 Å². The molecule has 0 saturated heterocycles. The molecular weight excluding hydrogens is 234 g/mol. The van der Waals surface area contributed by atoms with Crippen molar-refractivity contribution >= 4 is 10.0 Å². The van der Waals surface area contributed by atoms with Crippen molar-refractivity contribution in [2.45, 2.75) is 60.3 Å². The van der Waals surface area contributed by atoms with E-state index in [4.69, 9.17) is 0 Å². The monoisotopic (exact) mass is 263 g/mol. The Balaban J connectivity index is 4.63. The fraction of sp³-hybridized carbons (Fsp3) is 1.00. The molecule has 0 fully saturated rings. The van der Waals surface area contributed by atoms with Gasteiger partial charge in [-0.1, -0.05) is 47.5 Å². The highest BCUT2D eigenvalue weighted by Crippen LogP contribution is 2.19. The van der Waals surface area contributed by atoms with Crippen LogP contribution >= 0.6 is 0 Å². The normalized spacial score (nSPS) is 13.3. The lowest BCUT2D eigenvalue weighted by Crippen LogP contribution is -2.38. The lowest BCUT2D eigenvalue weighted by molar-refractivity contribution is 0.377. The van der Waals surface area contributed by atoms with Crippen molar-refractivity contribution in [2.75, 3.05) is 18.8 Å². The van der Waals surface area contributed by atoms with Crippen molar-refractivity contribution in [2.24, 2.45) is 5.41 Å². The third-order valence-corrected chi connectivity index (χ3v) is 4.91. The van der Waals surface area contributed by atoms with E-state index >= 15 is 0 Å². The number of nitrogens with zero attached hydrogens (tertiary/aromatic N) is 1. The van der Waals surface area contributed by atoms with Crippen molar-refractivity contribution in [3.05, 3.63) is 0 Å². The van der Waals surface area contributed by atoms with Crippen LogP contribution in [0, 0.1) is 5.41 Å². The summed E-state index contributed by atoms with van der Waals surface area (Å²) in [6, 6.07) is 0. The molecule has 4 heteroatoms. The van der Waals surface area contributed by atoms with Gasteiger partial charge in [-0.05, 0) is 18.3 Å².